The molecule has 0 fully saturated rings. The Bertz CT molecular complexity index is 362. The second-order valence-corrected chi connectivity index (χ2v) is 3.76. The maximum Gasteiger partial charge on any atom is 0.407 e. The van der Waals surface area contributed by atoms with E-state index in [1.807, 2.05) is 18.2 Å². The molecule has 1 aromatic carbocycles. The van der Waals surface area contributed by atoms with E-state index >= 15 is 0 Å². The van der Waals surface area contributed by atoms with Crippen LogP contribution in [-0.4, -0.2) is 22.6 Å². The van der Waals surface area contributed by atoms with Crippen LogP contribution in [0.25, 0.3) is 0 Å². The summed E-state index contributed by atoms with van der Waals surface area (Å²) in [5.74, 6) is 0.302. The van der Waals surface area contributed by atoms with Crippen molar-refractivity contribution in [2.24, 2.45) is 0 Å². The second-order valence-electron chi connectivity index (χ2n) is 3.76. The van der Waals surface area contributed by atoms with Gasteiger partial charge in [0, 0.05) is 13.1 Å². The van der Waals surface area contributed by atoms with Crippen molar-refractivity contribution in [3.63, 3.8) is 0 Å². The molecule has 2 rings (SSSR count). The van der Waals surface area contributed by atoms with Crippen molar-refractivity contribution in [1.29, 1.82) is 0 Å². The Labute approximate surface area is 83.0 Å². The molecule has 1 aliphatic rings. The molecule has 1 amide bonds. The Morgan fingerprint density at radius 3 is 2.93 bits per heavy atom. The Morgan fingerprint density at radius 1 is 1.50 bits per heavy atom. The van der Waals surface area contributed by atoms with Crippen molar-refractivity contribution in [3.8, 4) is 0 Å². The number of benzene rings is 1. The van der Waals surface area contributed by atoms with Gasteiger partial charge in [-0.05, 0) is 17.0 Å². The van der Waals surface area contributed by atoms with Crippen LogP contribution in [0.3, 0.4) is 0 Å². The highest BCUT2D eigenvalue weighted by Crippen LogP contribution is 2.27. The number of fused-ring (bicyclic) bond motifs is 1. The first-order valence-electron chi connectivity index (χ1n) is 4.74. The van der Waals surface area contributed by atoms with E-state index < -0.39 is 6.09 Å². The predicted molar refractivity (Wildman–Crippen MR) is 53.3 cm³/mol. The maximum atomic E-state index is 10.8. The molecular weight excluding hydrogens is 178 g/mol. The van der Waals surface area contributed by atoms with E-state index in [0.717, 1.165) is 5.56 Å². The van der Waals surface area contributed by atoms with E-state index in [-0.39, 0.29) is 0 Å². The Hall–Kier alpha value is -1.51. The molecule has 0 aromatic heterocycles. The predicted octanol–water partition coefficient (Wildman–Crippen LogP) is 2.28. The average Bonchev–Trinajstić information content (AvgIpc) is 2.17. The molecule has 0 bridgehead atoms. The molecule has 1 N–H and O–H groups in total. The lowest BCUT2D eigenvalue weighted by molar-refractivity contribution is 0.136. The molecule has 74 valence electrons. The topological polar surface area (TPSA) is 40.5 Å². The summed E-state index contributed by atoms with van der Waals surface area (Å²) in [6, 6.07) is 8.04. The van der Waals surface area contributed by atoms with Crippen molar-refractivity contribution < 1.29 is 9.90 Å². The number of hydrogen-bond donors (Lipinski definition) is 1. The maximum absolute atomic E-state index is 10.8. The fourth-order valence-electron chi connectivity index (χ4n) is 2.00. The van der Waals surface area contributed by atoms with Gasteiger partial charge in [-0.3, -0.25) is 0 Å². The lowest BCUT2D eigenvalue weighted by Crippen LogP contribution is -2.36. The van der Waals surface area contributed by atoms with Crippen LogP contribution in [-0.2, 0) is 6.54 Å². The summed E-state index contributed by atoms with van der Waals surface area (Å²) >= 11 is 0. The lowest BCUT2D eigenvalue weighted by Gasteiger charge is -2.30. The van der Waals surface area contributed by atoms with Gasteiger partial charge in [0.2, 0.25) is 0 Å². The molecule has 1 atom stereocenters. The highest BCUT2D eigenvalue weighted by molar-refractivity contribution is 5.65. The van der Waals surface area contributed by atoms with Gasteiger partial charge in [0.15, 0.2) is 0 Å². The Balaban J connectivity index is 2.33. The molecule has 0 saturated carbocycles. The quantitative estimate of drug-likeness (QED) is 0.683. The van der Waals surface area contributed by atoms with Gasteiger partial charge >= 0.3 is 6.09 Å². The van der Waals surface area contributed by atoms with E-state index in [1.54, 1.807) is 0 Å². The normalized spacial score (nSPS) is 20.4. The SMILES string of the molecule is C[C@@H]1CN(C(=O)O)Cc2ccccc21. The molecular formula is C11H13NO2. The standard InChI is InChI=1S/C11H13NO2/c1-8-6-12(11(13)14)7-9-4-2-3-5-10(8)9/h2-5,8H,6-7H2,1H3,(H,13,14)/t8-/m1/s1. The lowest BCUT2D eigenvalue weighted by atomic mass is 9.91. The first-order valence-corrected chi connectivity index (χ1v) is 4.74. The summed E-state index contributed by atoms with van der Waals surface area (Å²) in [4.78, 5) is 12.3. The molecule has 0 radical (unpaired) electrons. The van der Waals surface area contributed by atoms with Gasteiger partial charge in [0.05, 0.1) is 0 Å². The number of nitrogens with zero attached hydrogens (tertiary/aromatic N) is 1. The zero-order chi connectivity index (χ0) is 10.1. The number of hydrogen-bond acceptors (Lipinski definition) is 1. The van der Waals surface area contributed by atoms with Gasteiger partial charge in [0.25, 0.3) is 0 Å². The summed E-state index contributed by atoms with van der Waals surface area (Å²) in [6.07, 6.45) is -0.827. The highest BCUT2D eigenvalue weighted by atomic mass is 16.4. The fourth-order valence-corrected chi connectivity index (χ4v) is 2.00. The molecule has 14 heavy (non-hydrogen) atoms. The molecule has 1 aliphatic heterocycles. The van der Waals surface area contributed by atoms with Gasteiger partial charge in [-0.15, -0.1) is 0 Å². The molecule has 3 heteroatoms. The number of carbonyl (C=O) groups is 1. The van der Waals surface area contributed by atoms with Crippen LogP contribution in [0.15, 0.2) is 24.3 Å². The third-order valence-corrected chi connectivity index (χ3v) is 2.71. The van der Waals surface area contributed by atoms with E-state index in [0.29, 0.717) is 19.0 Å². The van der Waals surface area contributed by atoms with Gasteiger partial charge in [-0.2, -0.15) is 0 Å². The van der Waals surface area contributed by atoms with Crippen LogP contribution >= 0.6 is 0 Å². The van der Waals surface area contributed by atoms with E-state index in [2.05, 4.69) is 13.0 Å². The number of rotatable bonds is 0. The summed E-state index contributed by atoms with van der Waals surface area (Å²) in [6.45, 7) is 3.19. The average molecular weight is 191 g/mol. The first-order chi connectivity index (χ1) is 6.68. The monoisotopic (exact) mass is 191 g/mol. The second kappa shape index (κ2) is 3.33. The van der Waals surface area contributed by atoms with Gasteiger partial charge in [-0.1, -0.05) is 31.2 Å². The summed E-state index contributed by atoms with van der Waals surface area (Å²) < 4.78 is 0. The van der Waals surface area contributed by atoms with Crippen LogP contribution in [0.5, 0.6) is 0 Å². The molecule has 0 spiro atoms. The Kier molecular flexibility index (Phi) is 2.15. The van der Waals surface area contributed by atoms with Crippen molar-refractivity contribution in [1.82, 2.24) is 4.90 Å². The van der Waals surface area contributed by atoms with E-state index in [9.17, 15) is 4.79 Å². The zero-order valence-electron chi connectivity index (χ0n) is 8.10. The van der Waals surface area contributed by atoms with Crippen LogP contribution in [0.1, 0.15) is 24.0 Å². The van der Waals surface area contributed by atoms with Gasteiger partial charge in [0.1, 0.15) is 0 Å². The van der Waals surface area contributed by atoms with Crippen molar-refractivity contribution >= 4 is 6.09 Å². The molecule has 1 aromatic rings. The van der Waals surface area contributed by atoms with Crippen LogP contribution in [0, 0.1) is 0 Å². The molecule has 0 aliphatic carbocycles. The minimum atomic E-state index is -0.827. The van der Waals surface area contributed by atoms with Crippen LogP contribution in [0.4, 0.5) is 4.79 Å². The summed E-state index contributed by atoms with van der Waals surface area (Å²) in [5, 5.41) is 8.91. The fraction of sp³-hybridized carbons (Fsp3) is 0.364. The highest BCUT2D eigenvalue weighted by Gasteiger charge is 2.24. The van der Waals surface area contributed by atoms with Crippen molar-refractivity contribution in [2.75, 3.05) is 6.54 Å². The molecule has 0 unspecified atom stereocenters. The summed E-state index contributed by atoms with van der Waals surface area (Å²) in [5.41, 5.74) is 2.42. The van der Waals surface area contributed by atoms with Gasteiger partial charge in [-0.25, -0.2) is 4.79 Å². The number of carboxylic acid groups (broad SMARTS) is 1. The number of amides is 1. The van der Waals surface area contributed by atoms with Crippen molar-refractivity contribution in [2.45, 2.75) is 19.4 Å². The van der Waals surface area contributed by atoms with E-state index in [4.69, 9.17) is 5.11 Å². The smallest absolute Gasteiger partial charge is 0.407 e. The van der Waals surface area contributed by atoms with E-state index in [1.165, 1.54) is 10.5 Å². The largest absolute Gasteiger partial charge is 0.465 e. The molecule has 3 nitrogen and oxygen atoms in total. The first kappa shape index (κ1) is 9.06. The summed E-state index contributed by atoms with van der Waals surface area (Å²) in [7, 11) is 0. The van der Waals surface area contributed by atoms with Crippen molar-refractivity contribution in [3.05, 3.63) is 35.4 Å². The third-order valence-electron chi connectivity index (χ3n) is 2.71. The minimum absolute atomic E-state index is 0.302. The molecule has 1 heterocycles. The minimum Gasteiger partial charge on any atom is -0.465 e. The van der Waals surface area contributed by atoms with Crippen LogP contribution < -0.4 is 0 Å². The zero-order valence-corrected chi connectivity index (χ0v) is 8.10. The molecule has 0 saturated heterocycles. The van der Waals surface area contributed by atoms with Crippen LogP contribution in [0.2, 0.25) is 0 Å². The van der Waals surface area contributed by atoms with Gasteiger partial charge < -0.3 is 10.0 Å². The Morgan fingerprint density at radius 2 is 2.21 bits per heavy atom. The third kappa shape index (κ3) is 1.45.